The van der Waals surface area contributed by atoms with E-state index < -0.39 is 0 Å². The third kappa shape index (κ3) is 2.04. The van der Waals surface area contributed by atoms with Gasteiger partial charge in [-0.2, -0.15) is 5.26 Å². The standard InChI is InChI=1S/C15H10BrN3O/c1-20-12-5-2-10(3-6-12)15-13(8-17)19-9-11(16)4-7-14(19)18-15/h2-7,9H,1H3. The van der Waals surface area contributed by atoms with E-state index >= 15 is 0 Å². The summed E-state index contributed by atoms with van der Waals surface area (Å²) in [5.41, 5.74) is 2.83. The van der Waals surface area contributed by atoms with Crippen LogP contribution in [0.4, 0.5) is 0 Å². The maximum Gasteiger partial charge on any atom is 0.152 e. The number of imidazole rings is 1. The van der Waals surface area contributed by atoms with Gasteiger partial charge in [-0.15, -0.1) is 0 Å². The number of methoxy groups -OCH3 is 1. The van der Waals surface area contributed by atoms with Gasteiger partial charge in [0.15, 0.2) is 5.69 Å². The lowest BCUT2D eigenvalue weighted by Gasteiger charge is -2.01. The van der Waals surface area contributed by atoms with E-state index in [2.05, 4.69) is 27.0 Å². The fourth-order valence-corrected chi connectivity index (χ4v) is 2.41. The van der Waals surface area contributed by atoms with Crippen molar-refractivity contribution in [3.05, 3.63) is 52.8 Å². The summed E-state index contributed by atoms with van der Waals surface area (Å²) in [6.07, 6.45) is 1.84. The zero-order chi connectivity index (χ0) is 14.1. The van der Waals surface area contributed by atoms with Crippen LogP contribution in [0.1, 0.15) is 5.69 Å². The molecule has 0 aliphatic rings. The van der Waals surface area contributed by atoms with Crippen molar-refractivity contribution in [2.24, 2.45) is 0 Å². The maximum absolute atomic E-state index is 9.41. The molecule has 0 bridgehead atoms. The van der Waals surface area contributed by atoms with E-state index in [0.717, 1.165) is 21.4 Å². The van der Waals surface area contributed by atoms with Gasteiger partial charge < -0.3 is 4.74 Å². The van der Waals surface area contributed by atoms with Gasteiger partial charge in [0.05, 0.1) is 7.11 Å². The lowest BCUT2D eigenvalue weighted by Crippen LogP contribution is -1.89. The van der Waals surface area contributed by atoms with E-state index in [0.29, 0.717) is 11.4 Å². The van der Waals surface area contributed by atoms with Gasteiger partial charge >= 0.3 is 0 Å². The number of hydrogen-bond acceptors (Lipinski definition) is 3. The van der Waals surface area contributed by atoms with Gasteiger partial charge in [0.2, 0.25) is 0 Å². The van der Waals surface area contributed by atoms with Crippen molar-refractivity contribution < 1.29 is 4.74 Å². The van der Waals surface area contributed by atoms with E-state index in [-0.39, 0.29) is 0 Å². The van der Waals surface area contributed by atoms with Crippen LogP contribution in [0.3, 0.4) is 0 Å². The van der Waals surface area contributed by atoms with Crippen LogP contribution in [0, 0.1) is 11.3 Å². The Morgan fingerprint density at radius 3 is 2.60 bits per heavy atom. The van der Waals surface area contributed by atoms with Crippen LogP contribution in [-0.4, -0.2) is 16.5 Å². The van der Waals surface area contributed by atoms with Crippen molar-refractivity contribution in [1.82, 2.24) is 9.38 Å². The first-order chi connectivity index (χ1) is 9.72. The van der Waals surface area contributed by atoms with Crippen LogP contribution in [0.25, 0.3) is 16.9 Å². The quantitative estimate of drug-likeness (QED) is 0.722. The second-order valence-electron chi connectivity index (χ2n) is 4.22. The predicted octanol–water partition coefficient (Wildman–Crippen LogP) is 3.64. The second kappa shape index (κ2) is 4.99. The molecule has 20 heavy (non-hydrogen) atoms. The van der Waals surface area contributed by atoms with Crippen molar-refractivity contribution in [2.45, 2.75) is 0 Å². The molecule has 98 valence electrons. The zero-order valence-corrected chi connectivity index (χ0v) is 12.3. The molecule has 0 aliphatic carbocycles. The van der Waals surface area contributed by atoms with Crippen LogP contribution in [0.2, 0.25) is 0 Å². The lowest BCUT2D eigenvalue weighted by molar-refractivity contribution is 0.415. The normalized spacial score (nSPS) is 10.4. The van der Waals surface area contributed by atoms with Crippen molar-refractivity contribution in [2.75, 3.05) is 7.11 Å². The fraction of sp³-hybridized carbons (Fsp3) is 0.0667. The van der Waals surface area contributed by atoms with Crippen LogP contribution >= 0.6 is 15.9 Å². The van der Waals surface area contributed by atoms with E-state index in [4.69, 9.17) is 4.74 Å². The van der Waals surface area contributed by atoms with E-state index in [1.807, 2.05) is 42.6 Å². The minimum atomic E-state index is 0.520. The lowest BCUT2D eigenvalue weighted by atomic mass is 10.1. The molecule has 0 saturated heterocycles. The highest BCUT2D eigenvalue weighted by Gasteiger charge is 2.13. The van der Waals surface area contributed by atoms with Crippen molar-refractivity contribution in [1.29, 1.82) is 5.26 Å². The van der Waals surface area contributed by atoms with Crippen LogP contribution < -0.4 is 4.74 Å². The molecular weight excluding hydrogens is 318 g/mol. The smallest absolute Gasteiger partial charge is 0.152 e. The van der Waals surface area contributed by atoms with Gasteiger partial charge in [-0.05, 0) is 52.3 Å². The third-order valence-electron chi connectivity index (χ3n) is 3.05. The number of rotatable bonds is 2. The Hall–Kier alpha value is -2.32. The van der Waals surface area contributed by atoms with Gasteiger partial charge in [0.1, 0.15) is 23.2 Å². The Morgan fingerprint density at radius 2 is 1.95 bits per heavy atom. The number of halogens is 1. The molecule has 0 fully saturated rings. The number of nitriles is 1. The number of hydrogen-bond donors (Lipinski definition) is 0. The SMILES string of the molecule is COc1ccc(-c2nc3ccc(Br)cn3c2C#N)cc1. The van der Waals surface area contributed by atoms with Crippen molar-refractivity contribution in [3.8, 4) is 23.1 Å². The van der Waals surface area contributed by atoms with Crippen molar-refractivity contribution >= 4 is 21.6 Å². The highest BCUT2D eigenvalue weighted by atomic mass is 79.9. The first-order valence-electron chi connectivity index (χ1n) is 5.95. The van der Waals surface area contributed by atoms with Gasteiger partial charge in [0.25, 0.3) is 0 Å². The summed E-state index contributed by atoms with van der Waals surface area (Å²) >= 11 is 3.41. The number of nitrogens with zero attached hydrogens (tertiary/aromatic N) is 3. The Labute approximate surface area is 124 Å². The molecular formula is C15H10BrN3O. The van der Waals surface area contributed by atoms with E-state index in [1.165, 1.54) is 0 Å². The molecule has 0 saturated carbocycles. The monoisotopic (exact) mass is 327 g/mol. The number of benzene rings is 1. The van der Waals surface area contributed by atoms with Crippen molar-refractivity contribution in [3.63, 3.8) is 0 Å². The topological polar surface area (TPSA) is 50.3 Å². The average Bonchev–Trinajstić information content (AvgIpc) is 2.85. The van der Waals surface area contributed by atoms with E-state index in [9.17, 15) is 5.26 Å². The average molecular weight is 328 g/mol. The fourth-order valence-electron chi connectivity index (χ4n) is 2.08. The molecule has 3 aromatic rings. The summed E-state index contributed by atoms with van der Waals surface area (Å²) in [6.45, 7) is 0. The predicted molar refractivity (Wildman–Crippen MR) is 79.6 cm³/mol. The molecule has 0 aliphatic heterocycles. The Bertz CT molecular complexity index is 815. The van der Waals surface area contributed by atoms with Gasteiger partial charge in [-0.25, -0.2) is 4.98 Å². The summed E-state index contributed by atoms with van der Waals surface area (Å²) in [5, 5.41) is 9.41. The van der Waals surface area contributed by atoms with Gasteiger partial charge in [0, 0.05) is 16.2 Å². The molecule has 0 spiro atoms. The molecule has 4 nitrogen and oxygen atoms in total. The highest BCUT2D eigenvalue weighted by Crippen LogP contribution is 2.26. The number of fused-ring (bicyclic) bond motifs is 1. The summed E-state index contributed by atoms with van der Waals surface area (Å²) in [5.74, 6) is 0.777. The summed E-state index contributed by atoms with van der Waals surface area (Å²) in [6, 6.07) is 13.5. The van der Waals surface area contributed by atoms with Crippen LogP contribution in [-0.2, 0) is 0 Å². The summed E-state index contributed by atoms with van der Waals surface area (Å²) < 4.78 is 7.82. The number of aromatic nitrogens is 2. The van der Waals surface area contributed by atoms with E-state index in [1.54, 1.807) is 11.5 Å². The maximum atomic E-state index is 9.41. The molecule has 0 N–H and O–H groups in total. The van der Waals surface area contributed by atoms with Crippen LogP contribution in [0.15, 0.2) is 47.1 Å². The minimum Gasteiger partial charge on any atom is -0.497 e. The third-order valence-corrected chi connectivity index (χ3v) is 3.52. The Balaban J connectivity index is 2.22. The Morgan fingerprint density at radius 1 is 1.20 bits per heavy atom. The number of pyridine rings is 1. The molecule has 0 radical (unpaired) electrons. The van der Waals surface area contributed by atoms with Gasteiger partial charge in [-0.1, -0.05) is 0 Å². The minimum absolute atomic E-state index is 0.520. The summed E-state index contributed by atoms with van der Waals surface area (Å²) in [4.78, 5) is 4.53. The number of ether oxygens (including phenoxy) is 1. The van der Waals surface area contributed by atoms with Crippen LogP contribution in [0.5, 0.6) is 5.75 Å². The molecule has 0 amide bonds. The molecule has 2 aromatic heterocycles. The van der Waals surface area contributed by atoms with Gasteiger partial charge in [-0.3, -0.25) is 4.40 Å². The molecule has 0 atom stereocenters. The molecule has 1 aromatic carbocycles. The zero-order valence-electron chi connectivity index (χ0n) is 10.7. The highest BCUT2D eigenvalue weighted by molar-refractivity contribution is 9.10. The Kier molecular flexibility index (Phi) is 3.17. The molecule has 0 unspecified atom stereocenters. The molecule has 5 heteroatoms. The molecule has 2 heterocycles. The largest absolute Gasteiger partial charge is 0.497 e. The first-order valence-corrected chi connectivity index (χ1v) is 6.74. The summed E-state index contributed by atoms with van der Waals surface area (Å²) in [7, 11) is 1.62. The second-order valence-corrected chi connectivity index (χ2v) is 5.14. The first kappa shape index (κ1) is 12.7. The molecule has 3 rings (SSSR count).